The molecule has 0 aliphatic rings. The average molecular weight is 217 g/mol. The van der Waals surface area contributed by atoms with Crippen molar-refractivity contribution in [3.63, 3.8) is 0 Å². The molecule has 5 heteroatoms. The Morgan fingerprint density at radius 1 is 1.50 bits per heavy atom. The van der Waals surface area contributed by atoms with Gasteiger partial charge in [0.1, 0.15) is 5.75 Å². The van der Waals surface area contributed by atoms with Crippen LogP contribution in [0.15, 0.2) is 30.6 Å². The number of rotatable bonds is 2. The molecule has 2 rings (SSSR count). The van der Waals surface area contributed by atoms with Gasteiger partial charge in [-0.15, -0.1) is 0 Å². The number of aromatic amines is 1. The summed E-state index contributed by atoms with van der Waals surface area (Å²) in [7, 11) is 0. The van der Waals surface area contributed by atoms with Crippen LogP contribution in [0.25, 0.3) is 0 Å². The van der Waals surface area contributed by atoms with Gasteiger partial charge < -0.3 is 10.1 Å². The van der Waals surface area contributed by atoms with E-state index in [0.29, 0.717) is 17.1 Å². The molecule has 0 fully saturated rings. The summed E-state index contributed by atoms with van der Waals surface area (Å²) in [5, 5.41) is 12.1. The van der Waals surface area contributed by atoms with E-state index in [4.69, 9.17) is 0 Å². The molecule has 0 saturated carbocycles. The molecule has 0 saturated heterocycles. The number of benzene rings is 1. The smallest absolute Gasteiger partial charge is 0.258 e. The monoisotopic (exact) mass is 217 g/mol. The van der Waals surface area contributed by atoms with Crippen LogP contribution >= 0.6 is 0 Å². The Morgan fingerprint density at radius 3 is 3.00 bits per heavy atom. The minimum Gasteiger partial charge on any atom is -0.508 e. The Balaban J connectivity index is 2.24. The number of phenols is 1. The number of nitrogens with one attached hydrogen (secondary N) is 2. The first-order valence-electron chi connectivity index (χ1n) is 4.78. The van der Waals surface area contributed by atoms with Crippen LogP contribution in [0.2, 0.25) is 0 Å². The first-order valence-corrected chi connectivity index (χ1v) is 4.78. The summed E-state index contributed by atoms with van der Waals surface area (Å²) in [6.45, 7) is 1.69. The lowest BCUT2D eigenvalue weighted by Gasteiger charge is -2.06. The number of anilines is 1. The Labute approximate surface area is 92.2 Å². The van der Waals surface area contributed by atoms with Crippen molar-refractivity contribution in [3.05, 3.63) is 41.7 Å². The van der Waals surface area contributed by atoms with Crippen molar-refractivity contribution in [2.75, 3.05) is 5.32 Å². The summed E-state index contributed by atoms with van der Waals surface area (Å²) in [5.41, 5.74) is 0.975. The lowest BCUT2D eigenvalue weighted by Crippen LogP contribution is -2.14. The highest BCUT2D eigenvalue weighted by Crippen LogP contribution is 2.19. The molecular formula is C11H11N3O2. The van der Waals surface area contributed by atoms with Gasteiger partial charge in [-0.3, -0.25) is 10.1 Å². The van der Waals surface area contributed by atoms with E-state index in [1.807, 2.05) is 0 Å². The third-order valence-corrected chi connectivity index (χ3v) is 2.28. The number of hydrogen-bond acceptors (Lipinski definition) is 3. The number of imidazole rings is 1. The van der Waals surface area contributed by atoms with Gasteiger partial charge in [0.15, 0.2) is 0 Å². The quantitative estimate of drug-likeness (QED) is 0.716. The zero-order chi connectivity index (χ0) is 11.5. The normalized spacial score (nSPS) is 10.1. The molecule has 0 bridgehead atoms. The summed E-state index contributed by atoms with van der Waals surface area (Å²) >= 11 is 0. The minimum absolute atomic E-state index is 0.104. The van der Waals surface area contributed by atoms with E-state index in [9.17, 15) is 9.90 Å². The Bertz CT molecular complexity index is 506. The van der Waals surface area contributed by atoms with Gasteiger partial charge in [0, 0.05) is 23.5 Å². The SMILES string of the molecule is Cc1c(O)cccc1C(=O)Nc1ncc[nH]1. The summed E-state index contributed by atoms with van der Waals surface area (Å²) in [6.07, 6.45) is 3.16. The molecule has 0 radical (unpaired) electrons. The predicted octanol–water partition coefficient (Wildman–Crippen LogP) is 1.68. The Hall–Kier alpha value is -2.30. The number of aromatic hydroxyl groups is 1. The Morgan fingerprint density at radius 2 is 2.31 bits per heavy atom. The predicted molar refractivity (Wildman–Crippen MR) is 59.4 cm³/mol. The third-order valence-electron chi connectivity index (χ3n) is 2.28. The largest absolute Gasteiger partial charge is 0.508 e. The van der Waals surface area contributed by atoms with Gasteiger partial charge in [0.25, 0.3) is 5.91 Å². The van der Waals surface area contributed by atoms with Crippen LogP contribution in [-0.2, 0) is 0 Å². The highest BCUT2D eigenvalue weighted by Gasteiger charge is 2.11. The van der Waals surface area contributed by atoms with E-state index < -0.39 is 0 Å². The minimum atomic E-state index is -0.302. The number of carbonyl (C=O) groups is 1. The van der Waals surface area contributed by atoms with Crippen LogP contribution < -0.4 is 5.32 Å². The van der Waals surface area contributed by atoms with Crippen LogP contribution in [-0.4, -0.2) is 21.0 Å². The van der Waals surface area contributed by atoms with Gasteiger partial charge >= 0.3 is 0 Å². The number of hydrogen-bond donors (Lipinski definition) is 3. The molecule has 1 heterocycles. The molecular weight excluding hydrogens is 206 g/mol. The van der Waals surface area contributed by atoms with Crippen LogP contribution in [0.4, 0.5) is 5.95 Å². The standard InChI is InChI=1S/C11H11N3O2/c1-7-8(3-2-4-9(7)15)10(16)14-11-12-5-6-13-11/h2-6,15H,1H3,(H2,12,13,14,16). The fraction of sp³-hybridized carbons (Fsp3) is 0.0909. The van der Waals surface area contributed by atoms with Crippen LogP contribution in [0.5, 0.6) is 5.75 Å². The first-order chi connectivity index (χ1) is 7.68. The van der Waals surface area contributed by atoms with Crippen molar-refractivity contribution in [2.45, 2.75) is 6.92 Å². The van der Waals surface area contributed by atoms with Crippen LogP contribution in [0.1, 0.15) is 15.9 Å². The number of amides is 1. The third kappa shape index (κ3) is 1.88. The molecule has 0 unspecified atom stereocenters. The number of carbonyl (C=O) groups excluding carboxylic acids is 1. The fourth-order valence-corrected chi connectivity index (χ4v) is 1.38. The molecule has 0 spiro atoms. The summed E-state index contributed by atoms with van der Waals surface area (Å²) < 4.78 is 0. The van der Waals surface area contributed by atoms with Gasteiger partial charge in [-0.25, -0.2) is 4.98 Å². The molecule has 16 heavy (non-hydrogen) atoms. The van der Waals surface area contributed by atoms with Crippen molar-refractivity contribution < 1.29 is 9.90 Å². The zero-order valence-electron chi connectivity index (χ0n) is 8.69. The van der Waals surface area contributed by atoms with E-state index in [1.54, 1.807) is 37.5 Å². The average Bonchev–Trinajstić information content (AvgIpc) is 2.74. The van der Waals surface area contributed by atoms with Gasteiger partial charge in [-0.1, -0.05) is 6.07 Å². The van der Waals surface area contributed by atoms with Gasteiger partial charge in [-0.2, -0.15) is 0 Å². The zero-order valence-corrected chi connectivity index (χ0v) is 8.69. The lowest BCUT2D eigenvalue weighted by molar-refractivity contribution is 0.102. The van der Waals surface area contributed by atoms with E-state index >= 15 is 0 Å². The molecule has 0 aliphatic heterocycles. The summed E-state index contributed by atoms with van der Waals surface area (Å²) in [6, 6.07) is 4.81. The van der Waals surface area contributed by atoms with Crippen molar-refractivity contribution in [1.82, 2.24) is 9.97 Å². The van der Waals surface area contributed by atoms with Crippen molar-refractivity contribution in [3.8, 4) is 5.75 Å². The second-order valence-corrected chi connectivity index (χ2v) is 3.34. The van der Waals surface area contributed by atoms with E-state index in [-0.39, 0.29) is 11.7 Å². The number of nitrogens with zero attached hydrogens (tertiary/aromatic N) is 1. The molecule has 2 aromatic rings. The maximum Gasteiger partial charge on any atom is 0.258 e. The van der Waals surface area contributed by atoms with Crippen molar-refractivity contribution in [1.29, 1.82) is 0 Å². The van der Waals surface area contributed by atoms with Gasteiger partial charge in [0.2, 0.25) is 5.95 Å². The lowest BCUT2D eigenvalue weighted by atomic mass is 10.1. The Kier molecular flexibility index (Phi) is 2.59. The molecule has 1 aromatic carbocycles. The number of phenolic OH excluding ortho intramolecular Hbond substituents is 1. The van der Waals surface area contributed by atoms with E-state index in [0.717, 1.165) is 0 Å². The number of H-pyrrole nitrogens is 1. The molecule has 1 aromatic heterocycles. The van der Waals surface area contributed by atoms with E-state index in [2.05, 4.69) is 15.3 Å². The molecule has 1 amide bonds. The fourth-order valence-electron chi connectivity index (χ4n) is 1.38. The first kappa shape index (κ1) is 10.2. The summed E-state index contributed by atoms with van der Waals surface area (Å²) in [5.74, 6) is 0.184. The molecule has 0 atom stereocenters. The number of aromatic nitrogens is 2. The van der Waals surface area contributed by atoms with E-state index in [1.165, 1.54) is 0 Å². The second-order valence-electron chi connectivity index (χ2n) is 3.34. The highest BCUT2D eigenvalue weighted by atomic mass is 16.3. The molecule has 5 nitrogen and oxygen atoms in total. The van der Waals surface area contributed by atoms with Gasteiger partial charge in [0.05, 0.1) is 0 Å². The van der Waals surface area contributed by atoms with Crippen molar-refractivity contribution in [2.24, 2.45) is 0 Å². The molecule has 3 N–H and O–H groups in total. The maximum atomic E-state index is 11.8. The molecule has 82 valence electrons. The topological polar surface area (TPSA) is 78.0 Å². The second kappa shape index (κ2) is 4.06. The highest BCUT2D eigenvalue weighted by molar-refractivity contribution is 6.04. The van der Waals surface area contributed by atoms with Crippen molar-refractivity contribution >= 4 is 11.9 Å². The van der Waals surface area contributed by atoms with Crippen LogP contribution in [0, 0.1) is 6.92 Å². The molecule has 0 aliphatic carbocycles. The maximum absolute atomic E-state index is 11.8. The summed E-state index contributed by atoms with van der Waals surface area (Å²) in [4.78, 5) is 18.5. The van der Waals surface area contributed by atoms with Gasteiger partial charge in [-0.05, 0) is 19.1 Å². The van der Waals surface area contributed by atoms with Crippen LogP contribution in [0.3, 0.4) is 0 Å².